The largest absolute Gasteiger partial charge is 0.492 e. The van der Waals surface area contributed by atoms with Gasteiger partial charge in [-0.25, -0.2) is 14.4 Å². The van der Waals surface area contributed by atoms with E-state index in [9.17, 15) is 18.7 Å². The predicted octanol–water partition coefficient (Wildman–Crippen LogP) is 4.10. The monoisotopic (exact) mass is 544 g/mol. The molecule has 8 nitrogen and oxygen atoms in total. The van der Waals surface area contributed by atoms with Crippen molar-refractivity contribution in [3.8, 4) is 5.75 Å². The molecule has 1 aromatic heterocycles. The van der Waals surface area contributed by atoms with Crippen LogP contribution >= 0.6 is 0 Å². The van der Waals surface area contributed by atoms with Crippen LogP contribution < -0.4 is 10.1 Å². The Morgan fingerprint density at radius 2 is 2.00 bits per heavy atom. The van der Waals surface area contributed by atoms with Gasteiger partial charge in [0.2, 0.25) is 5.91 Å². The number of benzene rings is 2. The number of aryl methyl sites for hydroxylation is 1. The number of piperidine rings is 1. The Balaban J connectivity index is 1.58. The molecule has 1 atom stereocenters. The van der Waals surface area contributed by atoms with Gasteiger partial charge in [0.25, 0.3) is 5.92 Å². The van der Waals surface area contributed by atoms with Gasteiger partial charge in [-0.15, -0.1) is 0 Å². The Morgan fingerprint density at radius 1 is 1.28 bits per heavy atom. The van der Waals surface area contributed by atoms with Crippen LogP contribution in [-0.2, 0) is 22.7 Å². The van der Waals surface area contributed by atoms with Gasteiger partial charge in [0.15, 0.2) is 0 Å². The number of amides is 1. The molecular weight excluding hydrogens is 513 g/mol. The number of hydrogen-bond acceptors (Lipinski definition) is 7. The van der Waals surface area contributed by atoms with E-state index in [1.807, 2.05) is 0 Å². The number of halogens is 3. The molecule has 5 rings (SSSR count). The lowest BCUT2D eigenvalue weighted by atomic mass is 9.82. The van der Waals surface area contributed by atoms with E-state index in [1.54, 1.807) is 24.8 Å². The van der Waals surface area contributed by atoms with Crippen LogP contribution in [0.2, 0.25) is 0 Å². The normalized spacial score (nSPS) is 17.6. The molecule has 3 heterocycles. The highest BCUT2D eigenvalue weighted by atomic mass is 19.3. The third kappa shape index (κ3) is 4.78. The highest BCUT2D eigenvalue weighted by Gasteiger charge is 2.40. The van der Waals surface area contributed by atoms with Crippen LogP contribution in [0.4, 0.5) is 19.0 Å². The number of hydrogen-bond donors (Lipinski definition) is 3. The van der Waals surface area contributed by atoms with Gasteiger partial charge in [0.05, 0.1) is 29.3 Å². The molecule has 2 aliphatic heterocycles. The number of aromatic nitrogens is 2. The summed E-state index contributed by atoms with van der Waals surface area (Å²) in [6, 6.07) is 4.70. The van der Waals surface area contributed by atoms with Crippen molar-refractivity contribution in [3.05, 3.63) is 58.2 Å². The van der Waals surface area contributed by atoms with E-state index in [2.05, 4.69) is 15.3 Å². The maximum absolute atomic E-state index is 15.2. The Morgan fingerprint density at radius 3 is 2.67 bits per heavy atom. The second kappa shape index (κ2) is 9.95. The average molecular weight is 545 g/mol. The standard InChI is InChI=1S/C28H31F3N4O4/c1-15(18-5-4-6-21(23(18)29)28(30,31)14-36)32-26-20-13-22(27(38)8-10-35(11-9-27)17(3)37)25-19(7-12-39-25)24(20)33-16(2)34-26/h4-6,13,15,36,38H,7-12,14H2,1-3H3,(H,32,33,34). The molecule has 2 aromatic carbocycles. The summed E-state index contributed by atoms with van der Waals surface area (Å²) in [4.78, 5) is 22.7. The summed E-state index contributed by atoms with van der Waals surface area (Å²) in [6.45, 7) is 4.58. The van der Waals surface area contributed by atoms with Crippen molar-refractivity contribution in [3.63, 3.8) is 0 Å². The molecule has 1 amide bonds. The Kier molecular flexibility index (Phi) is 6.92. The number of alkyl halides is 2. The lowest BCUT2D eigenvalue weighted by Gasteiger charge is -2.39. The van der Waals surface area contributed by atoms with Crippen molar-refractivity contribution in [2.45, 2.75) is 57.6 Å². The van der Waals surface area contributed by atoms with Gasteiger partial charge in [0, 0.05) is 48.5 Å². The van der Waals surface area contributed by atoms with Crippen molar-refractivity contribution in [2.24, 2.45) is 0 Å². The molecule has 2 aliphatic rings. The van der Waals surface area contributed by atoms with E-state index >= 15 is 4.39 Å². The number of carbonyl (C=O) groups is 1. The Hall–Kier alpha value is -3.44. The molecule has 11 heteroatoms. The molecule has 1 saturated heterocycles. The molecule has 3 N–H and O–H groups in total. The van der Waals surface area contributed by atoms with Crippen molar-refractivity contribution in [1.29, 1.82) is 0 Å². The van der Waals surface area contributed by atoms with E-state index in [0.717, 1.165) is 11.6 Å². The van der Waals surface area contributed by atoms with Crippen LogP contribution in [0.3, 0.4) is 0 Å². The SMILES string of the molecule is CC(=O)N1CCC(O)(c2cc3c(NC(C)c4cccc(C(F)(F)CO)c4F)nc(C)nc3c3c2OCC3)CC1. The maximum Gasteiger partial charge on any atom is 0.298 e. The number of fused-ring (bicyclic) bond motifs is 3. The fourth-order valence-corrected chi connectivity index (χ4v) is 5.53. The van der Waals surface area contributed by atoms with Crippen molar-refractivity contribution in [2.75, 3.05) is 31.6 Å². The fraction of sp³-hybridized carbons (Fsp3) is 0.464. The van der Waals surface area contributed by atoms with Crippen molar-refractivity contribution >= 4 is 22.6 Å². The van der Waals surface area contributed by atoms with E-state index in [1.165, 1.54) is 19.1 Å². The summed E-state index contributed by atoms with van der Waals surface area (Å²) >= 11 is 0. The minimum Gasteiger partial charge on any atom is -0.492 e. The third-order valence-electron chi connectivity index (χ3n) is 7.73. The maximum atomic E-state index is 15.2. The molecule has 3 aromatic rings. The average Bonchev–Trinajstić information content (AvgIpc) is 3.39. The first-order valence-electron chi connectivity index (χ1n) is 12.9. The molecule has 0 aliphatic carbocycles. The Bertz CT molecular complexity index is 1440. The zero-order valence-corrected chi connectivity index (χ0v) is 22.0. The number of anilines is 1. The molecule has 0 spiro atoms. The van der Waals surface area contributed by atoms with Crippen LogP contribution in [-0.4, -0.2) is 57.3 Å². The third-order valence-corrected chi connectivity index (χ3v) is 7.73. The van der Waals surface area contributed by atoms with Crippen molar-refractivity contribution in [1.82, 2.24) is 14.9 Å². The van der Waals surface area contributed by atoms with Crippen LogP contribution in [0.5, 0.6) is 5.75 Å². The van der Waals surface area contributed by atoms with Gasteiger partial charge in [-0.2, -0.15) is 8.78 Å². The highest BCUT2D eigenvalue weighted by molar-refractivity contribution is 5.94. The topological polar surface area (TPSA) is 108 Å². The first-order chi connectivity index (χ1) is 18.4. The second-order valence-corrected chi connectivity index (χ2v) is 10.3. The number of likely N-dealkylation sites (tertiary alicyclic amines) is 1. The van der Waals surface area contributed by atoms with Gasteiger partial charge >= 0.3 is 0 Å². The van der Waals surface area contributed by atoms with Gasteiger partial charge in [-0.3, -0.25) is 4.79 Å². The van der Waals surface area contributed by atoms with Crippen molar-refractivity contribution < 1.29 is 32.9 Å². The smallest absolute Gasteiger partial charge is 0.298 e. The number of ether oxygens (including phenoxy) is 1. The second-order valence-electron chi connectivity index (χ2n) is 10.3. The van der Waals surface area contributed by atoms with Gasteiger partial charge < -0.3 is 25.2 Å². The van der Waals surface area contributed by atoms with Gasteiger partial charge in [-0.05, 0) is 38.8 Å². The molecule has 1 unspecified atom stereocenters. The van der Waals surface area contributed by atoms with Crippen LogP contribution in [0.15, 0.2) is 24.3 Å². The van der Waals surface area contributed by atoms with E-state index in [0.29, 0.717) is 72.8 Å². The van der Waals surface area contributed by atoms with E-state index in [-0.39, 0.29) is 11.5 Å². The van der Waals surface area contributed by atoms with Crippen LogP contribution in [0, 0.1) is 12.7 Å². The summed E-state index contributed by atoms with van der Waals surface area (Å²) in [5, 5.41) is 24.5. The number of nitrogens with one attached hydrogen (secondary N) is 1. The summed E-state index contributed by atoms with van der Waals surface area (Å²) in [6.07, 6.45) is 1.24. The molecular formula is C28H31F3N4O4. The van der Waals surface area contributed by atoms with Gasteiger partial charge in [0.1, 0.15) is 29.8 Å². The quantitative estimate of drug-likeness (QED) is 0.429. The van der Waals surface area contributed by atoms with Crippen LogP contribution in [0.1, 0.15) is 60.8 Å². The fourth-order valence-electron chi connectivity index (χ4n) is 5.53. The molecule has 0 bridgehead atoms. The molecule has 208 valence electrons. The number of nitrogens with zero attached hydrogens (tertiary/aromatic N) is 3. The van der Waals surface area contributed by atoms with E-state index < -0.39 is 35.6 Å². The molecule has 0 saturated carbocycles. The molecule has 1 fully saturated rings. The summed E-state index contributed by atoms with van der Waals surface area (Å²) < 4.78 is 49.4. The predicted molar refractivity (Wildman–Crippen MR) is 138 cm³/mol. The summed E-state index contributed by atoms with van der Waals surface area (Å²) in [5.41, 5.74) is -0.0643. The molecule has 39 heavy (non-hydrogen) atoms. The minimum absolute atomic E-state index is 0.00927. The highest BCUT2D eigenvalue weighted by Crippen LogP contribution is 2.46. The van der Waals surface area contributed by atoms with Gasteiger partial charge in [-0.1, -0.05) is 12.1 Å². The molecule has 0 radical (unpaired) electrons. The number of rotatable bonds is 6. The van der Waals surface area contributed by atoms with Crippen LogP contribution in [0.25, 0.3) is 10.9 Å². The first kappa shape index (κ1) is 27.1. The lowest BCUT2D eigenvalue weighted by Crippen LogP contribution is -2.44. The number of aliphatic hydroxyl groups excluding tert-OH is 1. The number of aliphatic hydroxyl groups is 2. The van der Waals surface area contributed by atoms with E-state index in [4.69, 9.17) is 9.84 Å². The number of carbonyl (C=O) groups excluding carboxylic acids is 1. The zero-order valence-electron chi connectivity index (χ0n) is 22.0. The zero-order chi connectivity index (χ0) is 28.1. The minimum atomic E-state index is -3.72. The summed E-state index contributed by atoms with van der Waals surface area (Å²) in [5.74, 6) is -3.47. The summed E-state index contributed by atoms with van der Waals surface area (Å²) in [7, 11) is 0. The first-order valence-corrected chi connectivity index (χ1v) is 12.9. The lowest BCUT2D eigenvalue weighted by molar-refractivity contribution is -0.133. The Labute approximate surface area is 223 Å².